The van der Waals surface area contributed by atoms with Crippen molar-refractivity contribution in [3.05, 3.63) is 89.5 Å². The zero-order valence-corrected chi connectivity index (χ0v) is 22.4. The highest BCUT2D eigenvalue weighted by Gasteiger charge is 2.29. The summed E-state index contributed by atoms with van der Waals surface area (Å²) in [4.78, 5) is 13.0. The highest BCUT2D eigenvalue weighted by Crippen LogP contribution is 2.32. The van der Waals surface area contributed by atoms with Crippen molar-refractivity contribution in [1.29, 1.82) is 0 Å². The van der Waals surface area contributed by atoms with Crippen molar-refractivity contribution in [2.45, 2.75) is 44.9 Å². The average Bonchev–Trinajstić information content (AvgIpc) is 2.85. The highest BCUT2D eigenvalue weighted by atomic mass is 32.2. The summed E-state index contributed by atoms with van der Waals surface area (Å²) in [5.41, 5.74) is 6.37. The largest absolute Gasteiger partial charge is 0.495 e. The van der Waals surface area contributed by atoms with E-state index in [0.717, 1.165) is 15.4 Å². The van der Waals surface area contributed by atoms with E-state index in [0.29, 0.717) is 11.5 Å². The number of carbonyl (C=O) groups excluding carboxylic acids is 1. The number of anilines is 1. The molecule has 0 radical (unpaired) electrons. The van der Waals surface area contributed by atoms with Crippen molar-refractivity contribution in [3.63, 3.8) is 0 Å². The molecule has 0 bridgehead atoms. The Labute approximate surface area is 213 Å². The third-order valence-corrected chi connectivity index (χ3v) is 7.54. The fourth-order valence-corrected chi connectivity index (χ4v) is 4.99. The minimum absolute atomic E-state index is 0.0304. The van der Waals surface area contributed by atoms with Crippen LogP contribution in [0.4, 0.5) is 5.69 Å². The molecule has 0 saturated heterocycles. The molecule has 3 aromatic carbocycles. The van der Waals surface area contributed by atoms with E-state index < -0.39 is 22.5 Å². The molecule has 190 valence electrons. The van der Waals surface area contributed by atoms with Gasteiger partial charge >= 0.3 is 0 Å². The van der Waals surface area contributed by atoms with Gasteiger partial charge < -0.3 is 4.74 Å². The molecule has 0 aliphatic rings. The number of hydrogen-bond donors (Lipinski definition) is 1. The molecular weight excluding hydrogens is 474 g/mol. The predicted octanol–water partition coefficient (Wildman–Crippen LogP) is 5.04. The van der Waals surface area contributed by atoms with Gasteiger partial charge in [-0.2, -0.15) is 5.10 Å². The summed E-state index contributed by atoms with van der Waals surface area (Å²) in [6.45, 7) is 9.60. The van der Waals surface area contributed by atoms with Gasteiger partial charge in [-0.3, -0.25) is 9.10 Å². The monoisotopic (exact) mass is 507 g/mol. The summed E-state index contributed by atoms with van der Waals surface area (Å²) in [6.07, 6.45) is 0. The first-order chi connectivity index (χ1) is 16.9. The van der Waals surface area contributed by atoms with E-state index in [4.69, 9.17) is 4.74 Å². The summed E-state index contributed by atoms with van der Waals surface area (Å²) in [7, 11) is -2.61. The summed E-state index contributed by atoms with van der Waals surface area (Å²) in [5, 5.41) is 4.21. The number of nitrogens with one attached hydrogen (secondary N) is 1. The van der Waals surface area contributed by atoms with Crippen LogP contribution < -0.4 is 14.5 Å². The van der Waals surface area contributed by atoms with Crippen LogP contribution in [0, 0.1) is 6.92 Å². The third-order valence-electron chi connectivity index (χ3n) is 5.77. The van der Waals surface area contributed by atoms with E-state index in [1.807, 2.05) is 31.2 Å². The average molecular weight is 508 g/mol. The number of methoxy groups -OCH3 is 1. The number of nitrogens with zero attached hydrogens (tertiary/aromatic N) is 2. The van der Waals surface area contributed by atoms with Gasteiger partial charge in [0.15, 0.2) is 0 Å². The Bertz CT molecular complexity index is 1340. The molecule has 0 heterocycles. The van der Waals surface area contributed by atoms with Crippen LogP contribution in [0.1, 0.15) is 44.4 Å². The van der Waals surface area contributed by atoms with E-state index in [1.54, 1.807) is 43.3 Å². The van der Waals surface area contributed by atoms with Crippen LogP contribution in [0.2, 0.25) is 0 Å². The van der Waals surface area contributed by atoms with Crippen LogP contribution in [0.25, 0.3) is 0 Å². The molecule has 0 fully saturated rings. The van der Waals surface area contributed by atoms with E-state index >= 15 is 0 Å². The van der Waals surface area contributed by atoms with Gasteiger partial charge in [-0.15, -0.1) is 0 Å². The first kappa shape index (κ1) is 26.9. The van der Waals surface area contributed by atoms with Crippen molar-refractivity contribution in [2.24, 2.45) is 5.10 Å². The van der Waals surface area contributed by atoms with E-state index in [1.165, 1.54) is 24.8 Å². The number of sulfonamides is 1. The zero-order valence-electron chi connectivity index (χ0n) is 21.6. The molecular formula is C28H33N3O4S. The van der Waals surface area contributed by atoms with Crippen molar-refractivity contribution in [2.75, 3.05) is 18.0 Å². The van der Waals surface area contributed by atoms with Gasteiger partial charge in [-0.25, -0.2) is 13.8 Å². The minimum atomic E-state index is -4.06. The first-order valence-corrected chi connectivity index (χ1v) is 13.0. The summed E-state index contributed by atoms with van der Waals surface area (Å²) >= 11 is 0. The molecule has 1 N–H and O–H groups in total. The van der Waals surface area contributed by atoms with E-state index in [-0.39, 0.29) is 16.0 Å². The quantitative estimate of drug-likeness (QED) is 0.342. The topological polar surface area (TPSA) is 88.1 Å². The molecule has 3 aromatic rings. The second-order valence-electron chi connectivity index (χ2n) is 9.56. The van der Waals surface area contributed by atoms with Crippen LogP contribution in [-0.2, 0) is 20.2 Å². The maximum absolute atomic E-state index is 13.6. The molecule has 1 amide bonds. The van der Waals surface area contributed by atoms with Gasteiger partial charge in [0, 0.05) is 0 Å². The molecule has 0 saturated carbocycles. The van der Waals surface area contributed by atoms with Gasteiger partial charge in [0.05, 0.1) is 23.4 Å². The van der Waals surface area contributed by atoms with Gasteiger partial charge in [0.2, 0.25) is 0 Å². The molecule has 0 aromatic heterocycles. The standard InChI is InChI=1S/C28H33N3O4S/c1-20-11-17-24(18-12-20)36(33,34)31(25-9-7-8-10-26(25)35-6)19-27(32)30-29-21(2)22-13-15-23(16-14-22)28(3,4)5/h7-18H,19H2,1-6H3,(H,30,32)/b29-21+. The van der Waals surface area contributed by atoms with Gasteiger partial charge in [0.25, 0.3) is 15.9 Å². The summed E-state index contributed by atoms with van der Waals surface area (Å²) in [5.74, 6) is -0.248. The first-order valence-electron chi connectivity index (χ1n) is 11.6. The second-order valence-corrected chi connectivity index (χ2v) is 11.4. The third kappa shape index (κ3) is 6.31. The maximum atomic E-state index is 13.6. The number of rotatable bonds is 8. The predicted molar refractivity (Wildman–Crippen MR) is 144 cm³/mol. The Morgan fingerprint density at radius 1 is 0.972 bits per heavy atom. The Morgan fingerprint density at radius 2 is 1.58 bits per heavy atom. The molecule has 8 heteroatoms. The number of aryl methyl sites for hydroxylation is 1. The van der Waals surface area contributed by atoms with Crippen LogP contribution in [0.3, 0.4) is 0 Å². The smallest absolute Gasteiger partial charge is 0.264 e. The number of hydrogen-bond acceptors (Lipinski definition) is 5. The lowest BCUT2D eigenvalue weighted by Crippen LogP contribution is -2.40. The summed E-state index contributed by atoms with van der Waals surface area (Å²) < 4.78 is 33.6. The second kappa shape index (κ2) is 11.0. The Hall–Kier alpha value is -3.65. The number of ether oxygens (including phenoxy) is 1. The number of para-hydroxylation sites is 2. The fraction of sp³-hybridized carbons (Fsp3) is 0.286. The Balaban J connectivity index is 1.87. The van der Waals surface area contributed by atoms with Crippen LogP contribution >= 0.6 is 0 Å². The lowest BCUT2D eigenvalue weighted by molar-refractivity contribution is -0.119. The van der Waals surface area contributed by atoms with Crippen LogP contribution in [0.5, 0.6) is 5.75 Å². The van der Waals surface area contributed by atoms with Gasteiger partial charge in [-0.05, 0) is 54.7 Å². The van der Waals surface area contributed by atoms with Gasteiger partial charge in [0.1, 0.15) is 12.3 Å². The SMILES string of the molecule is COc1ccccc1N(CC(=O)N/N=C(\C)c1ccc(C(C)(C)C)cc1)S(=O)(=O)c1ccc(C)cc1. The lowest BCUT2D eigenvalue weighted by atomic mass is 9.86. The molecule has 0 unspecified atom stereocenters. The molecule has 3 rings (SSSR count). The Kier molecular flexibility index (Phi) is 8.20. The van der Waals surface area contributed by atoms with Gasteiger partial charge in [-0.1, -0.05) is 74.9 Å². The molecule has 0 spiro atoms. The van der Waals surface area contributed by atoms with Crippen molar-refractivity contribution >= 4 is 27.3 Å². The molecule has 0 aliphatic heterocycles. The van der Waals surface area contributed by atoms with Crippen molar-refractivity contribution < 1.29 is 17.9 Å². The molecule has 0 aliphatic carbocycles. The number of carbonyl (C=O) groups is 1. The molecule has 36 heavy (non-hydrogen) atoms. The number of amides is 1. The number of benzene rings is 3. The molecule has 0 atom stereocenters. The number of hydrazone groups is 1. The van der Waals surface area contributed by atoms with E-state index in [2.05, 4.69) is 31.3 Å². The normalized spacial score (nSPS) is 12.2. The minimum Gasteiger partial charge on any atom is -0.495 e. The van der Waals surface area contributed by atoms with Crippen molar-refractivity contribution in [3.8, 4) is 5.75 Å². The fourth-order valence-electron chi connectivity index (χ4n) is 3.56. The van der Waals surface area contributed by atoms with E-state index in [9.17, 15) is 13.2 Å². The Morgan fingerprint density at radius 3 is 2.17 bits per heavy atom. The zero-order chi connectivity index (χ0) is 26.5. The maximum Gasteiger partial charge on any atom is 0.264 e. The van der Waals surface area contributed by atoms with Crippen molar-refractivity contribution in [1.82, 2.24) is 5.43 Å². The lowest BCUT2D eigenvalue weighted by Gasteiger charge is -2.25. The summed E-state index contributed by atoms with van der Waals surface area (Å²) in [6, 6.07) is 21.1. The molecule has 7 nitrogen and oxygen atoms in total. The highest BCUT2D eigenvalue weighted by molar-refractivity contribution is 7.92. The van der Waals surface area contributed by atoms with Crippen LogP contribution in [0.15, 0.2) is 82.8 Å². The van der Waals surface area contributed by atoms with Crippen LogP contribution in [-0.4, -0.2) is 33.7 Å².